The largest absolute Gasteiger partial charge is 0.481 e. The van der Waals surface area contributed by atoms with E-state index in [1.807, 2.05) is 0 Å². The molecule has 0 bridgehead atoms. The van der Waals surface area contributed by atoms with E-state index >= 15 is 4.39 Å². The van der Waals surface area contributed by atoms with Crippen molar-refractivity contribution in [1.82, 2.24) is 20.4 Å². The molecule has 2 heterocycles. The van der Waals surface area contributed by atoms with Crippen LogP contribution in [-0.4, -0.2) is 64.2 Å². The molecule has 1 aliphatic heterocycles. The molecule has 6 rings (SSSR count). The zero-order chi connectivity index (χ0) is 32.1. The van der Waals surface area contributed by atoms with Crippen molar-refractivity contribution in [2.45, 2.75) is 81.5 Å². The topological polar surface area (TPSA) is 113 Å². The highest BCUT2D eigenvalue weighted by Crippen LogP contribution is 2.60. The summed E-state index contributed by atoms with van der Waals surface area (Å²) in [5, 5.41) is 19.8. The number of nitrogens with one attached hydrogen (secondary N) is 2. The molecule has 2 unspecified atom stereocenters. The predicted molar refractivity (Wildman–Crippen MR) is 158 cm³/mol. The van der Waals surface area contributed by atoms with Gasteiger partial charge in [0.25, 0.3) is 5.91 Å². The first-order valence-electron chi connectivity index (χ1n) is 15.4. The molecule has 2 fully saturated rings. The molecule has 8 nitrogen and oxygen atoms in total. The number of nitrogens with zero attached hydrogens (tertiary/aromatic N) is 2. The van der Waals surface area contributed by atoms with Gasteiger partial charge in [0.15, 0.2) is 0 Å². The summed E-state index contributed by atoms with van der Waals surface area (Å²) in [6.45, 7) is 0.915. The van der Waals surface area contributed by atoms with E-state index in [0.717, 1.165) is 10.3 Å². The Morgan fingerprint density at radius 1 is 1.09 bits per heavy atom. The lowest BCUT2D eigenvalue weighted by molar-refractivity contribution is -0.160. The summed E-state index contributed by atoms with van der Waals surface area (Å²) < 4.78 is 59.0. The maximum atomic E-state index is 15.2. The molecule has 3 aliphatic carbocycles. The molecule has 2 aromatic rings. The molecular weight excluding hydrogens is 616 g/mol. The Morgan fingerprint density at radius 3 is 2.42 bits per heavy atom. The summed E-state index contributed by atoms with van der Waals surface area (Å²) in [6.07, 6.45) is -0.627. The van der Waals surface area contributed by atoms with Crippen LogP contribution in [0, 0.1) is 11.8 Å². The van der Waals surface area contributed by atoms with Gasteiger partial charge in [0, 0.05) is 17.9 Å². The van der Waals surface area contributed by atoms with Crippen LogP contribution < -0.4 is 10.6 Å². The molecule has 3 N–H and O–H groups in total. The number of benzene rings is 1. The molecule has 0 spiro atoms. The summed E-state index contributed by atoms with van der Waals surface area (Å²) in [6, 6.07) is 4.06. The van der Waals surface area contributed by atoms with Crippen LogP contribution in [0.5, 0.6) is 0 Å². The average Bonchev–Trinajstić information content (AvgIpc) is 3.76. The summed E-state index contributed by atoms with van der Waals surface area (Å²) in [5.74, 6) is -3.21. The molecule has 1 aromatic carbocycles. The quantitative estimate of drug-likeness (QED) is 0.346. The second-order valence-corrected chi connectivity index (χ2v) is 13.2. The van der Waals surface area contributed by atoms with Crippen molar-refractivity contribution >= 4 is 35.0 Å². The summed E-state index contributed by atoms with van der Waals surface area (Å²) in [5.41, 5.74) is -1.78. The Hall–Kier alpha value is -3.25. The van der Waals surface area contributed by atoms with Crippen molar-refractivity contribution in [2.75, 3.05) is 19.6 Å². The van der Waals surface area contributed by atoms with E-state index in [2.05, 4.69) is 15.7 Å². The van der Waals surface area contributed by atoms with Gasteiger partial charge in [-0.2, -0.15) is 23.0 Å². The monoisotopic (exact) mass is 650 g/mol. The first kappa shape index (κ1) is 31.7. The number of halogens is 5. The number of piperidine rings is 1. The fourth-order valence-corrected chi connectivity index (χ4v) is 7.31. The Labute approximate surface area is 262 Å². The van der Waals surface area contributed by atoms with Gasteiger partial charge in [-0.3, -0.25) is 14.4 Å². The number of hydrogen-bond donors (Lipinski definition) is 3. The van der Waals surface area contributed by atoms with Crippen LogP contribution in [0.25, 0.3) is 5.57 Å². The molecule has 1 saturated heterocycles. The first-order chi connectivity index (χ1) is 21.3. The molecule has 45 heavy (non-hydrogen) atoms. The maximum Gasteiger partial charge on any atom is 0.398 e. The molecule has 1 amide bonds. The van der Waals surface area contributed by atoms with Crippen LogP contribution in [0.2, 0.25) is 5.02 Å². The van der Waals surface area contributed by atoms with Crippen LogP contribution in [0.1, 0.15) is 84.2 Å². The second-order valence-electron chi connectivity index (χ2n) is 12.8. The highest BCUT2D eigenvalue weighted by Gasteiger charge is 2.65. The molecule has 1 aromatic heterocycles. The lowest BCUT2D eigenvalue weighted by Crippen LogP contribution is -2.48. The summed E-state index contributed by atoms with van der Waals surface area (Å²) in [7, 11) is 0. The van der Waals surface area contributed by atoms with Gasteiger partial charge >= 0.3 is 12.1 Å². The van der Waals surface area contributed by atoms with E-state index < -0.39 is 41.0 Å². The van der Waals surface area contributed by atoms with Gasteiger partial charge in [0.05, 0.1) is 39.9 Å². The number of rotatable bonds is 7. The number of aromatic nitrogens is 2. The van der Waals surface area contributed by atoms with Gasteiger partial charge in [-0.15, -0.1) is 0 Å². The molecule has 2 atom stereocenters. The van der Waals surface area contributed by atoms with Crippen molar-refractivity contribution in [1.29, 1.82) is 0 Å². The van der Waals surface area contributed by atoms with E-state index in [9.17, 15) is 32.7 Å². The second kappa shape index (κ2) is 11.8. The zero-order valence-corrected chi connectivity index (χ0v) is 25.4. The number of carboxylic acids is 1. The number of alkyl halides is 4. The van der Waals surface area contributed by atoms with Crippen LogP contribution in [0.4, 0.5) is 17.6 Å². The molecule has 242 valence electrons. The van der Waals surface area contributed by atoms with Gasteiger partial charge in [-0.25, -0.2) is 4.39 Å². The van der Waals surface area contributed by atoms with Crippen LogP contribution in [0.3, 0.4) is 0 Å². The predicted octanol–water partition coefficient (Wildman–Crippen LogP) is 5.40. The van der Waals surface area contributed by atoms with Crippen molar-refractivity contribution in [3.8, 4) is 0 Å². The van der Waals surface area contributed by atoms with E-state index in [1.54, 1.807) is 6.08 Å². The molecule has 0 radical (unpaired) electrons. The normalized spacial score (nSPS) is 23.9. The Kier molecular flexibility index (Phi) is 8.34. The summed E-state index contributed by atoms with van der Waals surface area (Å²) >= 11 is 6.45. The average molecular weight is 651 g/mol. The third-order valence-electron chi connectivity index (χ3n) is 10.0. The van der Waals surface area contributed by atoms with Crippen molar-refractivity contribution in [2.24, 2.45) is 11.8 Å². The van der Waals surface area contributed by atoms with Gasteiger partial charge < -0.3 is 15.7 Å². The third-order valence-corrected chi connectivity index (χ3v) is 10.3. The molecule has 4 aliphatic rings. The molecular formula is C32H35ClF4N4O4. The summed E-state index contributed by atoms with van der Waals surface area (Å²) in [4.78, 5) is 39.1. The number of hydrogen-bond acceptors (Lipinski definition) is 5. The minimum Gasteiger partial charge on any atom is -0.481 e. The fourth-order valence-electron chi connectivity index (χ4n) is 7.05. The number of allylic oxidation sites excluding steroid dienone is 2. The first-order valence-corrected chi connectivity index (χ1v) is 15.8. The lowest BCUT2D eigenvalue weighted by atomic mass is 9.82. The minimum absolute atomic E-state index is 0.0793. The van der Waals surface area contributed by atoms with Crippen LogP contribution >= 0.6 is 11.6 Å². The van der Waals surface area contributed by atoms with E-state index in [-0.39, 0.29) is 67.1 Å². The fraction of sp³-hybridized carbons (Fsp3) is 0.562. The highest BCUT2D eigenvalue weighted by molar-refractivity contribution is 6.34. The number of aliphatic carboxylic acids is 1. The van der Waals surface area contributed by atoms with E-state index in [1.165, 1.54) is 18.2 Å². The molecule has 13 heteroatoms. The Morgan fingerprint density at radius 2 is 1.80 bits per heavy atom. The van der Waals surface area contributed by atoms with Gasteiger partial charge in [-0.05, 0) is 88.1 Å². The highest BCUT2D eigenvalue weighted by atomic mass is 35.5. The third kappa shape index (κ3) is 5.91. The standard InChI is InChI=1S/C32H35ClF4N4O4/c33-23-3-1-2-22(31(10-11-31)32(35,36)37)25(23)28(43)41-24-16-20(27(42)39-17-30(34)12-14-38-15-13-30)8-9-21(24)26(40-41)18-4-6-19(7-5-18)29(44)45/h1-4,19-20,38H,5-17H2,(H,39,42)(H,44,45). The number of carbonyl (C=O) groups excluding carboxylic acids is 2. The van der Waals surface area contributed by atoms with Crippen molar-refractivity contribution in [3.63, 3.8) is 0 Å². The Bertz CT molecular complexity index is 1560. The number of fused-ring (bicyclic) bond motifs is 1. The van der Waals surface area contributed by atoms with Crippen LogP contribution in [0.15, 0.2) is 24.3 Å². The smallest absolute Gasteiger partial charge is 0.398 e. The van der Waals surface area contributed by atoms with Gasteiger partial charge in [-0.1, -0.05) is 29.8 Å². The van der Waals surface area contributed by atoms with Crippen molar-refractivity contribution < 1.29 is 37.1 Å². The minimum atomic E-state index is -4.58. The Balaban J connectivity index is 1.36. The number of carbonyl (C=O) groups is 3. The van der Waals surface area contributed by atoms with E-state index in [0.29, 0.717) is 55.7 Å². The number of carboxylic acid groups (broad SMARTS) is 1. The zero-order valence-electron chi connectivity index (χ0n) is 24.6. The van der Waals surface area contributed by atoms with Gasteiger partial charge in [0.1, 0.15) is 5.67 Å². The maximum absolute atomic E-state index is 15.2. The molecule has 1 saturated carbocycles. The van der Waals surface area contributed by atoms with Crippen molar-refractivity contribution in [3.05, 3.63) is 57.4 Å². The lowest BCUT2D eigenvalue weighted by Gasteiger charge is -2.31. The van der Waals surface area contributed by atoms with Gasteiger partial charge in [0.2, 0.25) is 5.91 Å². The number of amides is 1. The SMILES string of the molecule is O=C(O)C1CC=C(c2nn(C(=O)c3c(Cl)cccc3C3(C(F)(F)F)CC3)c3c2CCC(C(=O)NCC2(F)CCNCC2)C3)CC1. The van der Waals surface area contributed by atoms with E-state index in [4.69, 9.17) is 11.6 Å². The van der Waals surface area contributed by atoms with Crippen LogP contribution in [-0.2, 0) is 27.8 Å².